The zero-order valence-electron chi connectivity index (χ0n) is 14.2. The van der Waals surface area contributed by atoms with Gasteiger partial charge in [-0.05, 0) is 51.9 Å². The molecule has 8 heteroatoms. The maximum Gasteiger partial charge on any atom is 0.240 e. The fraction of sp³-hybridized carbons (Fsp3) is 0.562. The topological polar surface area (TPSA) is 96.2 Å². The molecule has 3 N–H and O–H groups in total. The van der Waals surface area contributed by atoms with Gasteiger partial charge in [-0.3, -0.25) is 4.68 Å². The second kappa shape index (κ2) is 6.11. The number of nitrogens with one attached hydrogen (secondary N) is 2. The van der Waals surface area contributed by atoms with Gasteiger partial charge in [-0.15, -0.1) is 0 Å². The van der Waals surface area contributed by atoms with Gasteiger partial charge in [-0.2, -0.15) is 5.10 Å². The molecule has 0 saturated carbocycles. The lowest BCUT2D eigenvalue weighted by molar-refractivity contribution is 0.0344. The predicted octanol–water partition coefficient (Wildman–Crippen LogP) is 1.01. The summed E-state index contributed by atoms with van der Waals surface area (Å²) in [6.07, 6.45) is 2.20. The second-order valence-electron chi connectivity index (χ2n) is 6.78. The van der Waals surface area contributed by atoms with Gasteiger partial charge in [-0.1, -0.05) is 0 Å². The van der Waals surface area contributed by atoms with E-state index in [2.05, 4.69) is 15.1 Å². The van der Waals surface area contributed by atoms with Crippen LogP contribution in [0, 0.1) is 0 Å². The minimum absolute atomic E-state index is 0.180. The SMILES string of the molecule is CC(C)n1ncc2cc(S(=O)(=O)NC(C)C3(O)CCNC3)ccc21. The Balaban J connectivity index is 1.88. The van der Waals surface area contributed by atoms with Crippen molar-refractivity contribution in [2.45, 2.75) is 49.8 Å². The van der Waals surface area contributed by atoms with Crippen LogP contribution in [0.3, 0.4) is 0 Å². The second-order valence-corrected chi connectivity index (χ2v) is 8.49. The Bertz CT molecular complexity index is 838. The minimum atomic E-state index is -3.71. The number of benzene rings is 1. The molecule has 2 atom stereocenters. The molecule has 1 saturated heterocycles. The van der Waals surface area contributed by atoms with E-state index in [4.69, 9.17) is 0 Å². The number of aromatic nitrogens is 2. The highest BCUT2D eigenvalue weighted by molar-refractivity contribution is 7.89. The molecule has 0 amide bonds. The molecule has 0 spiro atoms. The van der Waals surface area contributed by atoms with Crippen LogP contribution in [-0.4, -0.2) is 48.0 Å². The smallest absolute Gasteiger partial charge is 0.240 e. The van der Waals surface area contributed by atoms with Crippen molar-refractivity contribution >= 4 is 20.9 Å². The van der Waals surface area contributed by atoms with Crippen LogP contribution in [0.5, 0.6) is 0 Å². The van der Waals surface area contributed by atoms with Crippen molar-refractivity contribution in [2.75, 3.05) is 13.1 Å². The summed E-state index contributed by atoms with van der Waals surface area (Å²) in [6.45, 7) is 6.81. The monoisotopic (exact) mass is 352 g/mol. The normalized spacial score (nSPS) is 23.2. The average molecular weight is 352 g/mol. The molecule has 0 radical (unpaired) electrons. The summed E-state index contributed by atoms with van der Waals surface area (Å²) >= 11 is 0. The van der Waals surface area contributed by atoms with E-state index in [0.29, 0.717) is 19.5 Å². The first-order valence-corrected chi connectivity index (χ1v) is 9.64. The Morgan fingerprint density at radius 1 is 1.38 bits per heavy atom. The lowest BCUT2D eigenvalue weighted by Crippen LogP contribution is -2.52. The molecule has 1 aromatic heterocycles. The van der Waals surface area contributed by atoms with Gasteiger partial charge < -0.3 is 10.4 Å². The Labute approximate surface area is 142 Å². The van der Waals surface area contributed by atoms with Crippen LogP contribution >= 0.6 is 0 Å². The molecule has 1 aliphatic heterocycles. The summed E-state index contributed by atoms with van der Waals surface area (Å²) in [4.78, 5) is 0.180. The van der Waals surface area contributed by atoms with Crippen molar-refractivity contribution in [1.82, 2.24) is 19.8 Å². The number of fused-ring (bicyclic) bond motifs is 1. The van der Waals surface area contributed by atoms with Crippen LogP contribution in [0.2, 0.25) is 0 Å². The summed E-state index contributed by atoms with van der Waals surface area (Å²) in [6, 6.07) is 4.59. The van der Waals surface area contributed by atoms with Crippen LogP contribution in [0.4, 0.5) is 0 Å². The summed E-state index contributed by atoms with van der Waals surface area (Å²) < 4.78 is 29.8. The van der Waals surface area contributed by atoms with E-state index in [9.17, 15) is 13.5 Å². The summed E-state index contributed by atoms with van der Waals surface area (Å²) in [5.41, 5.74) is -0.157. The van der Waals surface area contributed by atoms with Crippen LogP contribution in [-0.2, 0) is 10.0 Å². The molecule has 1 fully saturated rings. The molecule has 132 valence electrons. The molecule has 2 aromatic rings. The first-order chi connectivity index (χ1) is 11.2. The van der Waals surface area contributed by atoms with Crippen molar-refractivity contribution in [3.63, 3.8) is 0 Å². The van der Waals surface area contributed by atoms with Gasteiger partial charge in [0, 0.05) is 24.0 Å². The molecule has 3 rings (SSSR count). The van der Waals surface area contributed by atoms with Crippen LogP contribution < -0.4 is 10.0 Å². The van der Waals surface area contributed by atoms with E-state index < -0.39 is 21.7 Å². The first-order valence-electron chi connectivity index (χ1n) is 8.16. The highest BCUT2D eigenvalue weighted by atomic mass is 32.2. The van der Waals surface area contributed by atoms with E-state index in [-0.39, 0.29) is 10.9 Å². The molecule has 1 aromatic carbocycles. The number of sulfonamides is 1. The Morgan fingerprint density at radius 3 is 2.75 bits per heavy atom. The summed E-state index contributed by atoms with van der Waals surface area (Å²) in [7, 11) is -3.71. The van der Waals surface area contributed by atoms with Crippen molar-refractivity contribution in [2.24, 2.45) is 0 Å². The molecule has 7 nitrogen and oxygen atoms in total. The van der Waals surface area contributed by atoms with Gasteiger partial charge in [0.2, 0.25) is 10.0 Å². The largest absolute Gasteiger partial charge is 0.387 e. The van der Waals surface area contributed by atoms with Gasteiger partial charge in [0.15, 0.2) is 0 Å². The van der Waals surface area contributed by atoms with E-state index in [1.54, 1.807) is 31.3 Å². The van der Waals surface area contributed by atoms with Gasteiger partial charge in [0.1, 0.15) is 0 Å². The lowest BCUT2D eigenvalue weighted by Gasteiger charge is -2.29. The zero-order chi connectivity index (χ0) is 17.5. The highest BCUT2D eigenvalue weighted by Gasteiger charge is 2.39. The van der Waals surface area contributed by atoms with Crippen molar-refractivity contribution < 1.29 is 13.5 Å². The number of hydrogen-bond acceptors (Lipinski definition) is 5. The average Bonchev–Trinajstić information content (AvgIpc) is 3.13. The van der Waals surface area contributed by atoms with E-state index in [1.807, 2.05) is 18.5 Å². The molecule has 0 bridgehead atoms. The molecular weight excluding hydrogens is 328 g/mol. The lowest BCUT2D eigenvalue weighted by atomic mass is 9.96. The van der Waals surface area contributed by atoms with Crippen molar-refractivity contribution in [3.05, 3.63) is 24.4 Å². The zero-order valence-corrected chi connectivity index (χ0v) is 15.0. The number of β-amino-alcohol motifs (C(OH)–C–C–N with tert-alkyl or cyclic N) is 1. The van der Waals surface area contributed by atoms with E-state index in [1.165, 1.54) is 0 Å². The summed E-state index contributed by atoms with van der Waals surface area (Å²) in [5.74, 6) is 0. The number of hydrogen-bond donors (Lipinski definition) is 3. The maximum absolute atomic E-state index is 12.7. The third-order valence-corrected chi connectivity index (χ3v) is 6.21. The molecule has 24 heavy (non-hydrogen) atoms. The van der Waals surface area contributed by atoms with E-state index >= 15 is 0 Å². The van der Waals surface area contributed by atoms with Crippen LogP contribution in [0.25, 0.3) is 10.9 Å². The third kappa shape index (κ3) is 3.06. The Kier molecular flexibility index (Phi) is 4.41. The van der Waals surface area contributed by atoms with Gasteiger partial charge in [0.25, 0.3) is 0 Å². The molecular formula is C16H24N4O3S. The number of nitrogens with zero attached hydrogens (tertiary/aromatic N) is 2. The van der Waals surface area contributed by atoms with Crippen LogP contribution in [0.1, 0.15) is 33.2 Å². The third-order valence-electron chi connectivity index (χ3n) is 4.67. The fourth-order valence-corrected chi connectivity index (χ4v) is 4.44. The first kappa shape index (κ1) is 17.3. The van der Waals surface area contributed by atoms with Gasteiger partial charge in [-0.25, -0.2) is 13.1 Å². The van der Waals surface area contributed by atoms with Gasteiger partial charge >= 0.3 is 0 Å². The Morgan fingerprint density at radius 2 is 2.12 bits per heavy atom. The van der Waals surface area contributed by atoms with Crippen LogP contribution in [0.15, 0.2) is 29.3 Å². The molecule has 2 unspecified atom stereocenters. The maximum atomic E-state index is 12.7. The summed E-state index contributed by atoms with van der Waals surface area (Å²) in [5, 5.41) is 18.6. The highest BCUT2D eigenvalue weighted by Crippen LogP contribution is 2.24. The number of rotatable bonds is 5. The molecule has 1 aliphatic rings. The Hall–Kier alpha value is -1.48. The standard InChI is InChI=1S/C16H24N4O3S/c1-11(2)20-15-5-4-14(8-13(15)9-18-20)24(22,23)19-12(3)16(21)6-7-17-10-16/h4-5,8-9,11-12,17,19,21H,6-7,10H2,1-3H3. The molecule has 0 aliphatic carbocycles. The van der Waals surface area contributed by atoms with Crippen molar-refractivity contribution in [1.29, 1.82) is 0 Å². The van der Waals surface area contributed by atoms with Gasteiger partial charge in [0.05, 0.1) is 22.2 Å². The number of aliphatic hydroxyl groups is 1. The predicted molar refractivity (Wildman–Crippen MR) is 92.3 cm³/mol. The quantitative estimate of drug-likeness (QED) is 0.746. The van der Waals surface area contributed by atoms with E-state index in [0.717, 1.165) is 10.9 Å². The van der Waals surface area contributed by atoms with Crippen molar-refractivity contribution in [3.8, 4) is 0 Å². The molecule has 2 heterocycles. The fourth-order valence-electron chi connectivity index (χ4n) is 3.09. The minimum Gasteiger partial charge on any atom is -0.387 e.